The van der Waals surface area contributed by atoms with E-state index in [0.717, 1.165) is 5.69 Å². The molecular formula is C7H13ClN4O. The molecule has 1 amide bonds. The molecule has 5 nitrogen and oxygen atoms in total. The zero-order valence-corrected chi connectivity index (χ0v) is 8.10. The molecule has 74 valence electrons. The van der Waals surface area contributed by atoms with Crippen LogP contribution in [-0.2, 0) is 11.2 Å². The Labute approximate surface area is 82.5 Å². The molecule has 13 heavy (non-hydrogen) atoms. The maximum absolute atomic E-state index is 11.0. The van der Waals surface area contributed by atoms with Crippen molar-refractivity contribution in [3.05, 3.63) is 18.2 Å². The normalized spacial score (nSPS) is 11.5. The largest absolute Gasteiger partial charge is 0.358 e. The van der Waals surface area contributed by atoms with Gasteiger partial charge < -0.3 is 16.0 Å². The summed E-state index contributed by atoms with van der Waals surface area (Å²) in [5.74, 6) is -0.162. The van der Waals surface area contributed by atoms with Gasteiger partial charge in [0.2, 0.25) is 5.91 Å². The van der Waals surface area contributed by atoms with Crippen molar-refractivity contribution >= 4 is 18.3 Å². The van der Waals surface area contributed by atoms with Crippen LogP contribution in [0.4, 0.5) is 0 Å². The van der Waals surface area contributed by atoms with Gasteiger partial charge in [-0.15, -0.1) is 12.4 Å². The predicted octanol–water partition coefficient (Wildman–Crippen LogP) is -0.553. The Morgan fingerprint density at radius 3 is 3.00 bits per heavy atom. The van der Waals surface area contributed by atoms with Gasteiger partial charge in [-0.1, -0.05) is 0 Å². The number of imidazole rings is 1. The van der Waals surface area contributed by atoms with Crippen LogP contribution in [0.2, 0.25) is 0 Å². The fourth-order valence-electron chi connectivity index (χ4n) is 0.911. The maximum Gasteiger partial charge on any atom is 0.237 e. The molecule has 0 spiro atoms. The quantitative estimate of drug-likeness (QED) is 0.618. The lowest BCUT2D eigenvalue weighted by Crippen LogP contribution is -2.40. The molecule has 4 N–H and O–H groups in total. The van der Waals surface area contributed by atoms with E-state index in [-0.39, 0.29) is 18.3 Å². The van der Waals surface area contributed by atoms with Gasteiger partial charge in [0.25, 0.3) is 0 Å². The summed E-state index contributed by atoms with van der Waals surface area (Å²) in [6.07, 6.45) is 3.70. The molecule has 0 aliphatic heterocycles. The van der Waals surface area contributed by atoms with Gasteiger partial charge in [-0.05, 0) is 0 Å². The number of amides is 1. The number of nitrogens with one attached hydrogen (secondary N) is 2. The number of halogens is 1. The molecule has 0 fully saturated rings. The van der Waals surface area contributed by atoms with Crippen molar-refractivity contribution in [2.75, 3.05) is 7.05 Å². The van der Waals surface area contributed by atoms with Gasteiger partial charge in [-0.2, -0.15) is 0 Å². The number of likely N-dealkylation sites (N-methyl/N-ethyl adjacent to an activating group) is 1. The van der Waals surface area contributed by atoms with Gasteiger partial charge in [0.15, 0.2) is 0 Å². The number of hydrogen-bond acceptors (Lipinski definition) is 3. The van der Waals surface area contributed by atoms with Crippen LogP contribution in [0.15, 0.2) is 12.5 Å². The average molecular weight is 205 g/mol. The smallest absolute Gasteiger partial charge is 0.237 e. The van der Waals surface area contributed by atoms with Crippen LogP contribution >= 0.6 is 12.4 Å². The standard InChI is InChI=1S/C7H12N4O.ClH/c1-9-7(12)6(8)2-5-3-10-4-11-5;/h3-4,6H,2,8H2,1H3,(H,9,12)(H,10,11);1H/t6-;/m0./s1. The van der Waals surface area contributed by atoms with E-state index in [9.17, 15) is 4.79 Å². The van der Waals surface area contributed by atoms with Crippen LogP contribution in [0.3, 0.4) is 0 Å². The number of aromatic amines is 1. The molecule has 0 radical (unpaired) electrons. The second-order valence-corrected chi connectivity index (χ2v) is 2.50. The van der Waals surface area contributed by atoms with Crippen molar-refractivity contribution in [2.45, 2.75) is 12.5 Å². The molecule has 6 heteroatoms. The van der Waals surface area contributed by atoms with Crippen LogP contribution < -0.4 is 11.1 Å². The highest BCUT2D eigenvalue weighted by Gasteiger charge is 2.12. The molecule has 1 atom stereocenters. The molecule has 1 aromatic heterocycles. The molecule has 1 rings (SSSR count). The van der Waals surface area contributed by atoms with E-state index in [4.69, 9.17) is 5.73 Å². The second-order valence-electron chi connectivity index (χ2n) is 2.50. The van der Waals surface area contributed by atoms with Crippen LogP contribution in [0.1, 0.15) is 5.69 Å². The summed E-state index contributed by atoms with van der Waals surface area (Å²) in [5.41, 5.74) is 6.43. The molecule has 0 aromatic carbocycles. The lowest BCUT2D eigenvalue weighted by molar-refractivity contribution is -0.121. The fourth-order valence-corrected chi connectivity index (χ4v) is 0.911. The lowest BCUT2D eigenvalue weighted by Gasteiger charge is -2.07. The van der Waals surface area contributed by atoms with E-state index in [1.165, 1.54) is 0 Å². The van der Waals surface area contributed by atoms with Gasteiger partial charge in [0, 0.05) is 25.4 Å². The summed E-state index contributed by atoms with van der Waals surface area (Å²) in [6.45, 7) is 0. The second kappa shape index (κ2) is 5.55. The number of aromatic nitrogens is 2. The first-order chi connectivity index (χ1) is 5.74. The highest BCUT2D eigenvalue weighted by atomic mass is 35.5. The third kappa shape index (κ3) is 3.43. The SMILES string of the molecule is CNC(=O)[C@@H](N)Cc1cnc[nH]1.Cl. The van der Waals surface area contributed by atoms with Crippen molar-refractivity contribution in [3.63, 3.8) is 0 Å². The Morgan fingerprint density at radius 1 is 1.85 bits per heavy atom. The average Bonchev–Trinajstić information content (AvgIpc) is 2.55. The summed E-state index contributed by atoms with van der Waals surface area (Å²) in [7, 11) is 1.56. The number of nitrogens with zero attached hydrogens (tertiary/aromatic N) is 1. The monoisotopic (exact) mass is 204 g/mol. The molecule has 0 saturated carbocycles. The van der Waals surface area contributed by atoms with Crippen LogP contribution in [-0.4, -0.2) is 29.0 Å². The Hall–Kier alpha value is -1.07. The number of H-pyrrole nitrogens is 1. The molecule has 0 aliphatic rings. The molecule has 0 bridgehead atoms. The Balaban J connectivity index is 0.00000144. The molecule has 0 aliphatic carbocycles. The van der Waals surface area contributed by atoms with E-state index in [1.807, 2.05) is 0 Å². The zero-order valence-electron chi connectivity index (χ0n) is 7.28. The topological polar surface area (TPSA) is 83.8 Å². The highest BCUT2D eigenvalue weighted by molar-refractivity contribution is 5.85. The minimum atomic E-state index is -0.504. The van der Waals surface area contributed by atoms with E-state index >= 15 is 0 Å². The first-order valence-corrected chi connectivity index (χ1v) is 3.68. The molecule has 1 heterocycles. The molecule has 1 aromatic rings. The number of carbonyl (C=O) groups is 1. The zero-order chi connectivity index (χ0) is 8.97. The Kier molecular flexibility index (Phi) is 5.10. The van der Waals surface area contributed by atoms with Gasteiger partial charge in [0.05, 0.1) is 12.4 Å². The number of carbonyl (C=O) groups excluding carboxylic acids is 1. The highest BCUT2D eigenvalue weighted by Crippen LogP contribution is 1.95. The van der Waals surface area contributed by atoms with E-state index in [1.54, 1.807) is 19.6 Å². The molecular weight excluding hydrogens is 192 g/mol. The number of rotatable bonds is 3. The fraction of sp³-hybridized carbons (Fsp3) is 0.429. The minimum Gasteiger partial charge on any atom is -0.358 e. The van der Waals surface area contributed by atoms with Gasteiger partial charge in [0.1, 0.15) is 0 Å². The van der Waals surface area contributed by atoms with Crippen molar-refractivity contribution in [1.29, 1.82) is 0 Å². The van der Waals surface area contributed by atoms with E-state index in [0.29, 0.717) is 6.42 Å². The third-order valence-corrected chi connectivity index (χ3v) is 1.58. The van der Waals surface area contributed by atoms with E-state index in [2.05, 4.69) is 15.3 Å². The van der Waals surface area contributed by atoms with Crippen molar-refractivity contribution in [2.24, 2.45) is 5.73 Å². The minimum absolute atomic E-state index is 0. The predicted molar refractivity (Wildman–Crippen MR) is 51.6 cm³/mol. The molecule has 0 unspecified atom stereocenters. The van der Waals surface area contributed by atoms with Crippen LogP contribution in [0.25, 0.3) is 0 Å². The molecule has 0 saturated heterocycles. The Bertz CT molecular complexity index is 249. The van der Waals surface area contributed by atoms with E-state index < -0.39 is 6.04 Å². The number of hydrogen-bond donors (Lipinski definition) is 3. The maximum atomic E-state index is 11.0. The lowest BCUT2D eigenvalue weighted by atomic mass is 10.2. The van der Waals surface area contributed by atoms with Gasteiger partial charge in [-0.25, -0.2) is 4.98 Å². The summed E-state index contributed by atoms with van der Waals surface area (Å²) >= 11 is 0. The summed E-state index contributed by atoms with van der Waals surface area (Å²) in [4.78, 5) is 17.7. The first-order valence-electron chi connectivity index (χ1n) is 3.68. The van der Waals surface area contributed by atoms with Crippen LogP contribution in [0.5, 0.6) is 0 Å². The van der Waals surface area contributed by atoms with Crippen molar-refractivity contribution < 1.29 is 4.79 Å². The Morgan fingerprint density at radius 2 is 2.54 bits per heavy atom. The van der Waals surface area contributed by atoms with Crippen LogP contribution in [0, 0.1) is 0 Å². The van der Waals surface area contributed by atoms with Gasteiger partial charge >= 0.3 is 0 Å². The summed E-state index contributed by atoms with van der Waals surface area (Å²) in [5, 5.41) is 2.48. The first kappa shape index (κ1) is 11.9. The summed E-state index contributed by atoms with van der Waals surface area (Å²) < 4.78 is 0. The third-order valence-electron chi connectivity index (χ3n) is 1.58. The number of nitrogens with two attached hydrogens (primary N) is 1. The summed E-state index contributed by atoms with van der Waals surface area (Å²) in [6, 6.07) is -0.504. The van der Waals surface area contributed by atoms with Crippen molar-refractivity contribution in [1.82, 2.24) is 15.3 Å². The van der Waals surface area contributed by atoms with Crippen molar-refractivity contribution in [3.8, 4) is 0 Å². The van der Waals surface area contributed by atoms with Gasteiger partial charge in [-0.3, -0.25) is 4.79 Å².